The van der Waals surface area contributed by atoms with Crippen molar-refractivity contribution in [2.75, 3.05) is 39.8 Å². The van der Waals surface area contributed by atoms with Crippen LogP contribution in [0.4, 0.5) is 0 Å². The Bertz CT molecular complexity index is 141. The summed E-state index contributed by atoms with van der Waals surface area (Å²) in [6.45, 7) is 10.3. The van der Waals surface area contributed by atoms with Gasteiger partial charge in [-0.25, -0.2) is 0 Å². The lowest BCUT2D eigenvalue weighted by Crippen LogP contribution is -2.40. The maximum Gasteiger partial charge on any atom is 0.0791 e. The van der Waals surface area contributed by atoms with Crippen LogP contribution in [0, 0.1) is 0 Å². The third kappa shape index (κ3) is 7.73. The van der Waals surface area contributed by atoms with E-state index in [1.165, 1.54) is 0 Å². The molecule has 0 heterocycles. The Morgan fingerprint density at radius 3 is 2.33 bits per heavy atom. The summed E-state index contributed by atoms with van der Waals surface area (Å²) < 4.78 is 5.10. The molecule has 0 aliphatic heterocycles. The summed E-state index contributed by atoms with van der Waals surface area (Å²) in [4.78, 5) is 2.21. The van der Waals surface area contributed by atoms with Crippen molar-refractivity contribution in [3.05, 3.63) is 0 Å². The van der Waals surface area contributed by atoms with E-state index in [1.807, 2.05) is 6.92 Å². The quantitative estimate of drug-likeness (QED) is 0.585. The summed E-state index contributed by atoms with van der Waals surface area (Å²) in [5, 5.41) is 12.9. The summed E-state index contributed by atoms with van der Waals surface area (Å²) in [6, 6.07) is 0. The first-order chi connectivity index (χ1) is 7.13. The highest BCUT2D eigenvalue weighted by Crippen LogP contribution is 1.91. The summed E-state index contributed by atoms with van der Waals surface area (Å²) in [5.74, 6) is 0. The first-order valence-corrected chi connectivity index (χ1v) is 5.77. The monoisotopic (exact) mass is 218 g/mol. The van der Waals surface area contributed by atoms with Gasteiger partial charge >= 0.3 is 0 Å². The van der Waals surface area contributed by atoms with E-state index >= 15 is 0 Å². The fraction of sp³-hybridized carbons (Fsp3) is 1.00. The second kappa shape index (κ2) is 9.09. The molecule has 0 aromatic carbocycles. The molecule has 0 aromatic rings. The van der Waals surface area contributed by atoms with Gasteiger partial charge in [0.2, 0.25) is 0 Å². The maximum absolute atomic E-state index is 9.72. The van der Waals surface area contributed by atoms with Crippen LogP contribution in [0.1, 0.15) is 20.8 Å². The van der Waals surface area contributed by atoms with Crippen LogP contribution >= 0.6 is 0 Å². The molecule has 2 atom stereocenters. The first-order valence-electron chi connectivity index (χ1n) is 5.77. The number of hydrogen-bond donors (Lipinski definition) is 2. The smallest absolute Gasteiger partial charge is 0.0791 e. The number of nitrogens with one attached hydrogen (secondary N) is 1. The molecule has 2 unspecified atom stereocenters. The van der Waals surface area contributed by atoms with Crippen molar-refractivity contribution >= 4 is 0 Å². The van der Waals surface area contributed by atoms with Crippen LogP contribution in [-0.2, 0) is 4.74 Å². The van der Waals surface area contributed by atoms with Crippen molar-refractivity contribution in [3.63, 3.8) is 0 Å². The van der Waals surface area contributed by atoms with E-state index in [0.29, 0.717) is 6.54 Å². The molecule has 4 heteroatoms. The van der Waals surface area contributed by atoms with Gasteiger partial charge in [-0.05, 0) is 20.0 Å². The molecule has 92 valence electrons. The fourth-order valence-electron chi connectivity index (χ4n) is 1.38. The summed E-state index contributed by atoms with van der Waals surface area (Å²) in [5.41, 5.74) is 0. The van der Waals surface area contributed by atoms with E-state index in [0.717, 1.165) is 26.2 Å². The zero-order valence-electron chi connectivity index (χ0n) is 10.5. The highest BCUT2D eigenvalue weighted by molar-refractivity contribution is 4.66. The molecule has 0 saturated heterocycles. The van der Waals surface area contributed by atoms with Gasteiger partial charge in [-0.1, -0.05) is 13.8 Å². The Balaban J connectivity index is 3.51. The Kier molecular flexibility index (Phi) is 9.00. The SMILES string of the molecule is CCN(CC)CC(O)CNCC(C)OC. The zero-order chi connectivity index (χ0) is 11.7. The molecule has 2 N–H and O–H groups in total. The van der Waals surface area contributed by atoms with Crippen LogP contribution in [0.15, 0.2) is 0 Å². The van der Waals surface area contributed by atoms with Crippen molar-refractivity contribution < 1.29 is 9.84 Å². The van der Waals surface area contributed by atoms with Gasteiger partial charge in [-0.2, -0.15) is 0 Å². The standard InChI is InChI=1S/C11H26N2O2/c1-5-13(6-2)9-11(14)8-12-7-10(3)15-4/h10-12,14H,5-9H2,1-4H3. The predicted molar refractivity (Wildman–Crippen MR) is 63.1 cm³/mol. The average molecular weight is 218 g/mol. The number of aliphatic hydroxyl groups excluding tert-OH is 1. The van der Waals surface area contributed by atoms with Crippen LogP contribution in [0.5, 0.6) is 0 Å². The van der Waals surface area contributed by atoms with Gasteiger partial charge in [0.15, 0.2) is 0 Å². The fourth-order valence-corrected chi connectivity index (χ4v) is 1.38. The lowest BCUT2D eigenvalue weighted by atomic mass is 10.3. The van der Waals surface area contributed by atoms with Gasteiger partial charge in [0.05, 0.1) is 12.2 Å². The van der Waals surface area contributed by atoms with Gasteiger partial charge in [0, 0.05) is 26.7 Å². The van der Waals surface area contributed by atoms with Gasteiger partial charge in [-0.15, -0.1) is 0 Å². The van der Waals surface area contributed by atoms with E-state index in [2.05, 4.69) is 24.1 Å². The third-order valence-electron chi connectivity index (χ3n) is 2.58. The van der Waals surface area contributed by atoms with Crippen LogP contribution in [-0.4, -0.2) is 62.0 Å². The molecule has 15 heavy (non-hydrogen) atoms. The van der Waals surface area contributed by atoms with E-state index in [-0.39, 0.29) is 12.2 Å². The van der Waals surface area contributed by atoms with Crippen molar-refractivity contribution in [1.82, 2.24) is 10.2 Å². The lowest BCUT2D eigenvalue weighted by molar-refractivity contribution is 0.0963. The molecule has 0 aromatic heterocycles. The molecular weight excluding hydrogens is 192 g/mol. The number of ether oxygens (including phenoxy) is 1. The molecule has 0 aliphatic carbocycles. The molecule has 0 saturated carbocycles. The first kappa shape index (κ1) is 14.8. The summed E-state index contributed by atoms with van der Waals surface area (Å²) in [6.07, 6.45) is -0.0976. The highest BCUT2D eigenvalue weighted by Gasteiger charge is 2.08. The lowest BCUT2D eigenvalue weighted by Gasteiger charge is -2.22. The average Bonchev–Trinajstić information content (AvgIpc) is 2.25. The van der Waals surface area contributed by atoms with Crippen molar-refractivity contribution in [2.24, 2.45) is 0 Å². The number of hydrogen-bond acceptors (Lipinski definition) is 4. The van der Waals surface area contributed by atoms with Crippen molar-refractivity contribution in [1.29, 1.82) is 0 Å². The molecule has 0 fully saturated rings. The second-order valence-corrected chi connectivity index (χ2v) is 3.84. The van der Waals surface area contributed by atoms with Gasteiger partial charge in [0.1, 0.15) is 0 Å². The molecule has 0 spiro atoms. The maximum atomic E-state index is 9.72. The number of nitrogens with zero attached hydrogens (tertiary/aromatic N) is 1. The predicted octanol–water partition coefficient (Wildman–Crippen LogP) is 0.314. The summed E-state index contributed by atoms with van der Waals surface area (Å²) in [7, 11) is 1.69. The molecule has 4 nitrogen and oxygen atoms in total. The topological polar surface area (TPSA) is 44.7 Å². The van der Waals surface area contributed by atoms with Gasteiger partial charge in [-0.3, -0.25) is 0 Å². The Morgan fingerprint density at radius 2 is 1.87 bits per heavy atom. The second-order valence-electron chi connectivity index (χ2n) is 3.84. The Hall–Kier alpha value is -0.160. The van der Waals surface area contributed by atoms with Crippen LogP contribution < -0.4 is 5.32 Å². The van der Waals surface area contributed by atoms with E-state index < -0.39 is 0 Å². The normalized spacial score (nSPS) is 15.6. The minimum Gasteiger partial charge on any atom is -0.390 e. The van der Waals surface area contributed by atoms with Crippen LogP contribution in [0.25, 0.3) is 0 Å². The molecule has 0 rings (SSSR count). The highest BCUT2D eigenvalue weighted by atomic mass is 16.5. The summed E-state index contributed by atoms with van der Waals surface area (Å²) >= 11 is 0. The zero-order valence-corrected chi connectivity index (χ0v) is 10.5. The van der Waals surface area contributed by atoms with E-state index in [4.69, 9.17) is 4.74 Å². The van der Waals surface area contributed by atoms with E-state index in [9.17, 15) is 5.11 Å². The number of likely N-dealkylation sites (N-methyl/N-ethyl adjacent to an activating group) is 1. The van der Waals surface area contributed by atoms with Crippen LogP contribution in [0.3, 0.4) is 0 Å². The molecular formula is C11H26N2O2. The van der Waals surface area contributed by atoms with Crippen molar-refractivity contribution in [3.8, 4) is 0 Å². The third-order valence-corrected chi connectivity index (χ3v) is 2.58. The molecule has 0 amide bonds. The van der Waals surface area contributed by atoms with Crippen molar-refractivity contribution in [2.45, 2.75) is 33.0 Å². The van der Waals surface area contributed by atoms with Gasteiger partial charge in [0.25, 0.3) is 0 Å². The van der Waals surface area contributed by atoms with Crippen LogP contribution in [0.2, 0.25) is 0 Å². The van der Waals surface area contributed by atoms with Gasteiger partial charge < -0.3 is 20.1 Å². The molecule has 0 radical (unpaired) electrons. The molecule has 0 aliphatic rings. The number of aliphatic hydroxyl groups is 1. The minimum atomic E-state index is -0.297. The van der Waals surface area contributed by atoms with E-state index in [1.54, 1.807) is 7.11 Å². The number of methoxy groups -OCH3 is 1. The minimum absolute atomic E-state index is 0.200. The number of rotatable bonds is 9. The Labute approximate surface area is 93.6 Å². The largest absolute Gasteiger partial charge is 0.390 e. The molecule has 0 bridgehead atoms. The Morgan fingerprint density at radius 1 is 1.27 bits per heavy atom.